The molecule has 1 atom stereocenters. The van der Waals surface area contributed by atoms with Crippen LogP contribution in [-0.4, -0.2) is 48.3 Å². The number of hydrogen-bond acceptors (Lipinski definition) is 3. The molecule has 0 aromatic heterocycles. The minimum Gasteiger partial charge on any atom is -0.369 e. The van der Waals surface area contributed by atoms with Gasteiger partial charge in [-0.25, -0.2) is 4.39 Å². The molecule has 1 aromatic carbocycles. The maximum absolute atomic E-state index is 13.7. The first-order valence-electron chi connectivity index (χ1n) is 6.40. The van der Waals surface area contributed by atoms with Crippen molar-refractivity contribution < 1.29 is 14.0 Å². The fraction of sp³-hybridized carbons (Fsp3) is 0.429. The van der Waals surface area contributed by atoms with Crippen molar-refractivity contribution in [3.63, 3.8) is 0 Å². The van der Waals surface area contributed by atoms with Gasteiger partial charge in [-0.15, -0.1) is 0 Å². The van der Waals surface area contributed by atoms with E-state index in [-0.39, 0.29) is 29.6 Å². The zero-order chi connectivity index (χ0) is 16.2. The average Bonchev–Trinajstić information content (AvgIpc) is 2.40. The van der Waals surface area contributed by atoms with Gasteiger partial charge in [-0.1, -0.05) is 17.7 Å². The largest absolute Gasteiger partial charge is 0.369 e. The number of hydrogen-bond donors (Lipinski definition) is 1. The highest BCUT2D eigenvalue weighted by Gasteiger charge is 2.23. The highest BCUT2D eigenvalue weighted by atomic mass is 35.5. The van der Waals surface area contributed by atoms with Gasteiger partial charge in [0.05, 0.1) is 12.6 Å². The van der Waals surface area contributed by atoms with Gasteiger partial charge in [-0.2, -0.15) is 0 Å². The number of nitrogens with zero attached hydrogens (tertiary/aromatic N) is 2. The number of likely N-dealkylation sites (N-methyl/N-ethyl adjacent to an activating group) is 2. The standard InChI is InChI=1S/C14H19ClFN3O2/c1-9(18(2)8-13(17)20)14(21)19(3)7-10-11(15)5-4-6-12(10)16/h4-6,9H,7-8H2,1-3H3,(H2,17,20). The first-order chi connectivity index (χ1) is 9.73. The van der Waals surface area contributed by atoms with Gasteiger partial charge >= 0.3 is 0 Å². The molecule has 1 rings (SSSR count). The first-order valence-corrected chi connectivity index (χ1v) is 6.78. The van der Waals surface area contributed by atoms with Crippen molar-refractivity contribution in [2.45, 2.75) is 19.5 Å². The maximum Gasteiger partial charge on any atom is 0.239 e. The Morgan fingerprint density at radius 3 is 2.52 bits per heavy atom. The summed E-state index contributed by atoms with van der Waals surface area (Å²) in [6.07, 6.45) is 0. The van der Waals surface area contributed by atoms with Crippen LogP contribution in [0.5, 0.6) is 0 Å². The van der Waals surface area contributed by atoms with E-state index in [1.165, 1.54) is 21.9 Å². The molecule has 7 heteroatoms. The molecule has 1 aromatic rings. The predicted octanol–water partition coefficient (Wildman–Crippen LogP) is 1.24. The molecule has 0 saturated heterocycles. The van der Waals surface area contributed by atoms with E-state index in [0.717, 1.165) is 0 Å². The molecule has 0 bridgehead atoms. The van der Waals surface area contributed by atoms with Gasteiger partial charge in [-0.3, -0.25) is 14.5 Å². The SMILES string of the molecule is CC(C(=O)N(C)Cc1c(F)cccc1Cl)N(C)CC(N)=O. The van der Waals surface area contributed by atoms with Crippen molar-refractivity contribution in [3.8, 4) is 0 Å². The van der Waals surface area contributed by atoms with E-state index in [4.69, 9.17) is 17.3 Å². The number of halogens is 2. The summed E-state index contributed by atoms with van der Waals surface area (Å²) in [6, 6.07) is 3.82. The number of nitrogens with two attached hydrogens (primary N) is 1. The van der Waals surface area contributed by atoms with E-state index in [9.17, 15) is 14.0 Å². The quantitative estimate of drug-likeness (QED) is 0.859. The van der Waals surface area contributed by atoms with Crippen molar-refractivity contribution >= 4 is 23.4 Å². The van der Waals surface area contributed by atoms with Crippen molar-refractivity contribution in [1.82, 2.24) is 9.80 Å². The lowest BCUT2D eigenvalue weighted by molar-refractivity contribution is -0.135. The molecule has 5 nitrogen and oxygen atoms in total. The van der Waals surface area contributed by atoms with E-state index in [2.05, 4.69) is 0 Å². The smallest absolute Gasteiger partial charge is 0.239 e. The van der Waals surface area contributed by atoms with E-state index < -0.39 is 17.8 Å². The summed E-state index contributed by atoms with van der Waals surface area (Å²) in [6.45, 7) is 1.69. The molecule has 21 heavy (non-hydrogen) atoms. The molecule has 0 saturated carbocycles. The van der Waals surface area contributed by atoms with Crippen molar-refractivity contribution in [3.05, 3.63) is 34.6 Å². The minimum atomic E-state index is -0.548. The molecule has 0 heterocycles. The summed E-state index contributed by atoms with van der Waals surface area (Å²) in [5, 5.41) is 0.271. The third-order valence-corrected chi connectivity index (χ3v) is 3.61. The van der Waals surface area contributed by atoms with E-state index in [1.54, 1.807) is 27.1 Å². The van der Waals surface area contributed by atoms with Crippen LogP contribution in [0.4, 0.5) is 4.39 Å². The van der Waals surface area contributed by atoms with Gasteiger partial charge < -0.3 is 10.6 Å². The molecule has 0 spiro atoms. The number of carbonyl (C=O) groups is 2. The molecule has 0 aliphatic heterocycles. The summed E-state index contributed by atoms with van der Waals surface area (Å²) in [5.41, 5.74) is 5.36. The Labute approximate surface area is 128 Å². The van der Waals surface area contributed by atoms with Crippen molar-refractivity contribution in [2.24, 2.45) is 5.73 Å². The third kappa shape index (κ3) is 4.68. The molecule has 2 amide bonds. The van der Waals surface area contributed by atoms with Gasteiger partial charge in [0.2, 0.25) is 11.8 Å². The Morgan fingerprint density at radius 2 is 2.00 bits per heavy atom. The van der Waals surface area contributed by atoms with E-state index >= 15 is 0 Å². The summed E-state index contributed by atoms with van der Waals surface area (Å²) >= 11 is 5.94. The molecule has 1 unspecified atom stereocenters. The van der Waals surface area contributed by atoms with Gasteiger partial charge in [-0.05, 0) is 26.1 Å². The normalized spacial score (nSPS) is 12.3. The van der Waals surface area contributed by atoms with Crippen LogP contribution in [-0.2, 0) is 16.1 Å². The summed E-state index contributed by atoms with van der Waals surface area (Å²) < 4.78 is 13.7. The summed E-state index contributed by atoms with van der Waals surface area (Å²) in [5.74, 6) is -1.23. The molecule has 0 fully saturated rings. The lowest BCUT2D eigenvalue weighted by Gasteiger charge is -2.27. The van der Waals surface area contributed by atoms with Crippen LogP contribution in [0.1, 0.15) is 12.5 Å². The van der Waals surface area contributed by atoms with Crippen LogP contribution in [0.25, 0.3) is 0 Å². The van der Waals surface area contributed by atoms with Crippen LogP contribution in [0, 0.1) is 5.82 Å². The van der Waals surface area contributed by atoms with Gasteiger partial charge in [0.1, 0.15) is 5.82 Å². The maximum atomic E-state index is 13.7. The molecule has 0 radical (unpaired) electrons. The Morgan fingerprint density at radius 1 is 1.38 bits per heavy atom. The summed E-state index contributed by atoms with van der Waals surface area (Å²) in [7, 11) is 3.18. The second-order valence-corrected chi connectivity index (χ2v) is 5.36. The number of primary amides is 1. The molecule has 0 aliphatic carbocycles. The van der Waals surface area contributed by atoms with Gasteiger partial charge in [0.25, 0.3) is 0 Å². The van der Waals surface area contributed by atoms with Gasteiger partial charge in [0, 0.05) is 24.2 Å². The molecular formula is C14H19ClFN3O2. The lowest BCUT2D eigenvalue weighted by Crippen LogP contribution is -2.46. The highest BCUT2D eigenvalue weighted by Crippen LogP contribution is 2.20. The average molecular weight is 316 g/mol. The van der Waals surface area contributed by atoms with Crippen LogP contribution in [0.3, 0.4) is 0 Å². The third-order valence-electron chi connectivity index (χ3n) is 3.26. The molecular weight excluding hydrogens is 297 g/mol. The fourth-order valence-corrected chi connectivity index (χ4v) is 2.11. The Hall–Kier alpha value is -1.66. The lowest BCUT2D eigenvalue weighted by atomic mass is 10.2. The predicted molar refractivity (Wildman–Crippen MR) is 79.2 cm³/mol. The fourth-order valence-electron chi connectivity index (χ4n) is 1.89. The van der Waals surface area contributed by atoms with Crippen LogP contribution in [0.2, 0.25) is 5.02 Å². The van der Waals surface area contributed by atoms with Crippen molar-refractivity contribution in [1.29, 1.82) is 0 Å². The molecule has 2 N–H and O–H groups in total. The number of benzene rings is 1. The topological polar surface area (TPSA) is 66.6 Å². The second kappa shape index (κ2) is 7.38. The highest BCUT2D eigenvalue weighted by molar-refractivity contribution is 6.31. The van der Waals surface area contributed by atoms with Crippen LogP contribution >= 0.6 is 11.6 Å². The zero-order valence-corrected chi connectivity index (χ0v) is 13.0. The van der Waals surface area contributed by atoms with Crippen LogP contribution < -0.4 is 5.73 Å². The Bertz CT molecular complexity index is 519. The molecule has 116 valence electrons. The summed E-state index contributed by atoms with van der Waals surface area (Å²) in [4.78, 5) is 26.0. The van der Waals surface area contributed by atoms with Crippen molar-refractivity contribution in [2.75, 3.05) is 20.6 Å². The van der Waals surface area contributed by atoms with Crippen LogP contribution in [0.15, 0.2) is 18.2 Å². The van der Waals surface area contributed by atoms with E-state index in [1.807, 2.05) is 0 Å². The zero-order valence-electron chi connectivity index (χ0n) is 12.3. The number of amides is 2. The monoisotopic (exact) mass is 315 g/mol. The van der Waals surface area contributed by atoms with E-state index in [0.29, 0.717) is 0 Å². The Balaban J connectivity index is 2.77. The minimum absolute atomic E-state index is 0.0266. The van der Waals surface area contributed by atoms with Gasteiger partial charge in [0.15, 0.2) is 0 Å². The molecule has 0 aliphatic rings. The number of rotatable bonds is 6. The Kier molecular flexibility index (Phi) is 6.11. The first kappa shape index (κ1) is 17.4. The second-order valence-electron chi connectivity index (χ2n) is 4.95. The number of carbonyl (C=O) groups excluding carboxylic acids is 2.